The fourth-order valence-corrected chi connectivity index (χ4v) is 2.27. The van der Waals surface area contributed by atoms with Crippen molar-refractivity contribution in [2.45, 2.75) is 4.90 Å². The Hall–Kier alpha value is -2.45. The van der Waals surface area contributed by atoms with Gasteiger partial charge in [-0.1, -0.05) is 0 Å². The number of rotatable bonds is 3. The standard InChI is InChI=1S/C12H11N5O2S/c13-20(18,19)10-3-1-9(2-4-10)16-12-15-7-8-5-6-14-11(8)17-12/h1-7H,(H2,13,18,19)(H2,14,15,16,17). The molecule has 7 nitrogen and oxygen atoms in total. The monoisotopic (exact) mass is 289 g/mol. The lowest BCUT2D eigenvalue weighted by molar-refractivity contribution is 0.598. The number of anilines is 2. The van der Waals surface area contributed by atoms with Crippen molar-refractivity contribution >= 4 is 32.7 Å². The van der Waals surface area contributed by atoms with Crippen LogP contribution in [0.1, 0.15) is 0 Å². The molecule has 0 bridgehead atoms. The summed E-state index contributed by atoms with van der Waals surface area (Å²) in [5.74, 6) is 0.420. The van der Waals surface area contributed by atoms with Gasteiger partial charge in [-0.2, -0.15) is 4.98 Å². The van der Waals surface area contributed by atoms with Gasteiger partial charge in [0.15, 0.2) is 0 Å². The summed E-state index contributed by atoms with van der Waals surface area (Å²) >= 11 is 0. The smallest absolute Gasteiger partial charge is 0.238 e. The number of sulfonamides is 1. The highest BCUT2D eigenvalue weighted by atomic mass is 32.2. The normalized spacial score (nSPS) is 11.7. The maximum atomic E-state index is 11.1. The Morgan fingerprint density at radius 2 is 1.90 bits per heavy atom. The number of primary sulfonamides is 1. The molecule has 0 aliphatic rings. The second-order valence-electron chi connectivity index (χ2n) is 4.17. The number of H-pyrrole nitrogens is 1. The number of aromatic nitrogens is 3. The van der Waals surface area contributed by atoms with E-state index in [2.05, 4.69) is 20.3 Å². The molecule has 1 aromatic carbocycles. The molecule has 0 saturated carbocycles. The third-order valence-electron chi connectivity index (χ3n) is 2.74. The van der Waals surface area contributed by atoms with E-state index in [1.165, 1.54) is 12.1 Å². The zero-order valence-corrected chi connectivity index (χ0v) is 11.1. The predicted octanol–water partition coefficient (Wildman–Crippen LogP) is 1.35. The highest BCUT2D eigenvalue weighted by molar-refractivity contribution is 7.89. The van der Waals surface area contributed by atoms with E-state index < -0.39 is 10.0 Å². The molecule has 0 atom stereocenters. The summed E-state index contributed by atoms with van der Waals surface area (Å²) in [6.07, 6.45) is 3.48. The van der Waals surface area contributed by atoms with Gasteiger partial charge in [0.25, 0.3) is 0 Å². The molecule has 8 heteroatoms. The first-order chi connectivity index (χ1) is 9.52. The summed E-state index contributed by atoms with van der Waals surface area (Å²) in [6, 6.07) is 7.92. The Balaban J connectivity index is 1.87. The van der Waals surface area contributed by atoms with Gasteiger partial charge in [0.1, 0.15) is 5.65 Å². The van der Waals surface area contributed by atoms with Crippen molar-refractivity contribution in [3.05, 3.63) is 42.7 Å². The Kier molecular flexibility index (Phi) is 2.88. The molecule has 0 fully saturated rings. The van der Waals surface area contributed by atoms with Crippen molar-refractivity contribution < 1.29 is 8.42 Å². The summed E-state index contributed by atoms with van der Waals surface area (Å²) in [5.41, 5.74) is 1.40. The lowest BCUT2D eigenvalue weighted by atomic mass is 10.3. The molecular formula is C12H11N5O2S. The molecule has 0 radical (unpaired) electrons. The predicted molar refractivity (Wildman–Crippen MR) is 75.0 cm³/mol. The minimum atomic E-state index is -3.68. The Bertz CT molecular complexity index is 855. The van der Waals surface area contributed by atoms with Gasteiger partial charge in [-0.25, -0.2) is 18.5 Å². The molecule has 4 N–H and O–H groups in total. The molecule has 0 amide bonds. The molecular weight excluding hydrogens is 278 g/mol. The van der Waals surface area contributed by atoms with Crippen LogP contribution in [0.4, 0.5) is 11.6 Å². The Morgan fingerprint density at radius 3 is 2.60 bits per heavy atom. The molecule has 3 aromatic rings. The molecule has 2 aromatic heterocycles. The summed E-state index contributed by atoms with van der Waals surface area (Å²) in [6.45, 7) is 0. The minimum absolute atomic E-state index is 0.0591. The fourth-order valence-electron chi connectivity index (χ4n) is 1.76. The largest absolute Gasteiger partial charge is 0.346 e. The van der Waals surface area contributed by atoms with E-state index in [1.807, 2.05) is 6.07 Å². The molecule has 2 heterocycles. The fraction of sp³-hybridized carbons (Fsp3) is 0. The average molecular weight is 289 g/mol. The van der Waals surface area contributed by atoms with E-state index in [0.717, 1.165) is 11.0 Å². The van der Waals surface area contributed by atoms with Gasteiger partial charge in [0.05, 0.1) is 4.90 Å². The van der Waals surface area contributed by atoms with E-state index in [-0.39, 0.29) is 4.90 Å². The summed E-state index contributed by atoms with van der Waals surface area (Å²) in [4.78, 5) is 11.5. The number of nitrogens with zero attached hydrogens (tertiary/aromatic N) is 2. The van der Waals surface area contributed by atoms with Crippen LogP contribution < -0.4 is 10.5 Å². The van der Waals surface area contributed by atoms with Gasteiger partial charge in [-0.3, -0.25) is 0 Å². The van der Waals surface area contributed by atoms with Crippen molar-refractivity contribution in [1.82, 2.24) is 15.0 Å². The zero-order valence-electron chi connectivity index (χ0n) is 10.2. The van der Waals surface area contributed by atoms with E-state index in [1.54, 1.807) is 24.5 Å². The maximum Gasteiger partial charge on any atom is 0.238 e. The van der Waals surface area contributed by atoms with Crippen LogP contribution in [0.3, 0.4) is 0 Å². The molecule has 20 heavy (non-hydrogen) atoms. The van der Waals surface area contributed by atoms with Crippen molar-refractivity contribution in [3.63, 3.8) is 0 Å². The van der Waals surface area contributed by atoms with Crippen LogP contribution in [-0.4, -0.2) is 23.4 Å². The number of aromatic amines is 1. The molecule has 0 spiro atoms. The van der Waals surface area contributed by atoms with Crippen LogP contribution in [0.5, 0.6) is 0 Å². The van der Waals surface area contributed by atoms with Crippen LogP contribution in [0, 0.1) is 0 Å². The summed E-state index contributed by atoms with van der Waals surface area (Å²) in [7, 11) is -3.68. The van der Waals surface area contributed by atoms with Crippen LogP contribution in [0.25, 0.3) is 11.0 Å². The first-order valence-electron chi connectivity index (χ1n) is 5.72. The molecule has 3 rings (SSSR count). The zero-order chi connectivity index (χ0) is 14.2. The van der Waals surface area contributed by atoms with E-state index in [0.29, 0.717) is 11.6 Å². The highest BCUT2D eigenvalue weighted by Gasteiger charge is 2.07. The molecule has 0 aliphatic carbocycles. The van der Waals surface area contributed by atoms with Gasteiger partial charge >= 0.3 is 0 Å². The van der Waals surface area contributed by atoms with Crippen LogP contribution in [-0.2, 0) is 10.0 Å². The van der Waals surface area contributed by atoms with Crippen molar-refractivity contribution in [2.24, 2.45) is 5.14 Å². The third kappa shape index (κ3) is 2.46. The molecule has 0 unspecified atom stereocenters. The summed E-state index contributed by atoms with van der Waals surface area (Å²) < 4.78 is 22.3. The van der Waals surface area contributed by atoms with Gasteiger partial charge in [0.2, 0.25) is 16.0 Å². The van der Waals surface area contributed by atoms with Crippen molar-refractivity contribution in [3.8, 4) is 0 Å². The minimum Gasteiger partial charge on any atom is -0.346 e. The molecule has 0 saturated heterocycles. The second-order valence-corrected chi connectivity index (χ2v) is 5.73. The Labute approximate surface area is 114 Å². The first-order valence-corrected chi connectivity index (χ1v) is 7.27. The van der Waals surface area contributed by atoms with Gasteiger partial charge in [0, 0.05) is 23.5 Å². The van der Waals surface area contributed by atoms with Crippen molar-refractivity contribution in [2.75, 3.05) is 5.32 Å². The van der Waals surface area contributed by atoms with Gasteiger partial charge in [-0.15, -0.1) is 0 Å². The number of hydrogen-bond donors (Lipinski definition) is 3. The first kappa shape index (κ1) is 12.6. The van der Waals surface area contributed by atoms with E-state index >= 15 is 0 Å². The van der Waals surface area contributed by atoms with E-state index in [9.17, 15) is 8.42 Å². The lowest BCUT2D eigenvalue weighted by Crippen LogP contribution is -2.11. The average Bonchev–Trinajstić information content (AvgIpc) is 2.86. The Morgan fingerprint density at radius 1 is 1.15 bits per heavy atom. The second kappa shape index (κ2) is 4.58. The number of nitrogens with one attached hydrogen (secondary N) is 2. The highest BCUT2D eigenvalue weighted by Crippen LogP contribution is 2.17. The topological polar surface area (TPSA) is 114 Å². The van der Waals surface area contributed by atoms with Crippen LogP contribution in [0.2, 0.25) is 0 Å². The quantitative estimate of drug-likeness (QED) is 0.673. The molecule has 0 aliphatic heterocycles. The SMILES string of the molecule is NS(=O)(=O)c1ccc(Nc2ncc3cc[nH]c3n2)cc1. The van der Waals surface area contributed by atoms with Gasteiger partial charge < -0.3 is 10.3 Å². The number of nitrogens with two attached hydrogens (primary N) is 1. The third-order valence-corrected chi connectivity index (χ3v) is 3.67. The summed E-state index contributed by atoms with van der Waals surface area (Å²) in [5, 5.41) is 8.94. The number of hydrogen-bond acceptors (Lipinski definition) is 5. The molecule has 102 valence electrons. The number of benzene rings is 1. The van der Waals surface area contributed by atoms with Gasteiger partial charge in [-0.05, 0) is 30.3 Å². The maximum absolute atomic E-state index is 11.1. The lowest BCUT2D eigenvalue weighted by Gasteiger charge is -2.05. The van der Waals surface area contributed by atoms with E-state index in [4.69, 9.17) is 5.14 Å². The number of fused-ring (bicyclic) bond motifs is 1. The van der Waals surface area contributed by atoms with Crippen LogP contribution in [0.15, 0.2) is 47.6 Å². The van der Waals surface area contributed by atoms with Crippen LogP contribution >= 0.6 is 0 Å². The van der Waals surface area contributed by atoms with Crippen molar-refractivity contribution in [1.29, 1.82) is 0 Å².